The maximum atomic E-state index is 13.6. The Bertz CT molecular complexity index is 1820. The molecule has 0 aliphatic carbocycles. The van der Waals surface area contributed by atoms with E-state index in [1.807, 2.05) is 52.0 Å². The smallest absolute Gasteiger partial charge is 0.407 e. The molecule has 2 fully saturated rings. The molecule has 0 spiro atoms. The van der Waals surface area contributed by atoms with Crippen LogP contribution >= 0.6 is 0 Å². The van der Waals surface area contributed by atoms with E-state index >= 15 is 0 Å². The molecule has 4 amide bonds. The Labute approximate surface area is 309 Å². The summed E-state index contributed by atoms with van der Waals surface area (Å²) in [5, 5.41) is 15.2. The van der Waals surface area contributed by atoms with E-state index in [1.165, 1.54) is 14.2 Å². The number of likely N-dealkylation sites (tertiary alicyclic amines) is 2. The number of aliphatic hydroxyl groups excluding tert-OH is 1. The van der Waals surface area contributed by atoms with Crippen molar-refractivity contribution < 1.29 is 33.8 Å². The molecule has 53 heavy (non-hydrogen) atoms. The molecule has 284 valence electrons. The molecule has 3 aromatic rings. The van der Waals surface area contributed by atoms with E-state index in [-0.39, 0.29) is 48.1 Å². The van der Waals surface area contributed by atoms with Crippen LogP contribution in [0.4, 0.5) is 9.59 Å². The number of rotatable bonds is 10. The van der Waals surface area contributed by atoms with Crippen LogP contribution in [0.5, 0.6) is 0 Å². The zero-order valence-corrected chi connectivity index (χ0v) is 31.3. The highest BCUT2D eigenvalue weighted by Gasteiger charge is 2.42. The number of aromatic nitrogens is 4. The summed E-state index contributed by atoms with van der Waals surface area (Å²) < 4.78 is 9.48. The van der Waals surface area contributed by atoms with Gasteiger partial charge in [-0.25, -0.2) is 19.6 Å². The largest absolute Gasteiger partial charge is 0.453 e. The molecule has 2 saturated heterocycles. The maximum absolute atomic E-state index is 13.6. The van der Waals surface area contributed by atoms with Crippen molar-refractivity contribution in [3.63, 3.8) is 0 Å². The van der Waals surface area contributed by atoms with Crippen LogP contribution in [-0.4, -0.2) is 105 Å². The van der Waals surface area contributed by atoms with Gasteiger partial charge in [0.25, 0.3) is 0 Å². The molecule has 2 aromatic heterocycles. The molecule has 15 heteroatoms. The van der Waals surface area contributed by atoms with Crippen molar-refractivity contribution in [1.29, 1.82) is 0 Å². The van der Waals surface area contributed by atoms with Crippen LogP contribution in [0, 0.1) is 35.5 Å². The van der Waals surface area contributed by atoms with Crippen LogP contribution < -0.4 is 10.6 Å². The van der Waals surface area contributed by atoms with Gasteiger partial charge in [0.1, 0.15) is 29.4 Å². The predicted octanol–water partition coefficient (Wildman–Crippen LogP) is 3.75. The second-order valence-corrected chi connectivity index (χ2v) is 14.5. The summed E-state index contributed by atoms with van der Waals surface area (Å²) in [6.07, 6.45) is 3.31. The molecule has 5 rings (SSSR count). The predicted molar refractivity (Wildman–Crippen MR) is 195 cm³/mol. The maximum Gasteiger partial charge on any atom is 0.407 e. The van der Waals surface area contributed by atoms with Crippen molar-refractivity contribution in [2.75, 3.05) is 33.9 Å². The number of carbonyl (C=O) groups is 4. The van der Waals surface area contributed by atoms with Gasteiger partial charge in [0.05, 0.1) is 44.4 Å². The Balaban J connectivity index is 1.27. The Hall–Kier alpha value is -5.36. The fraction of sp³-hybridized carbons (Fsp3) is 0.526. The first kappa shape index (κ1) is 38.9. The summed E-state index contributed by atoms with van der Waals surface area (Å²) in [4.78, 5) is 70.4. The van der Waals surface area contributed by atoms with Gasteiger partial charge in [-0.2, -0.15) is 0 Å². The molecular weight excluding hydrogens is 680 g/mol. The highest BCUT2D eigenvalue weighted by atomic mass is 16.5. The first-order valence-electron chi connectivity index (χ1n) is 18.0. The average molecular weight is 731 g/mol. The van der Waals surface area contributed by atoms with Crippen LogP contribution in [0.15, 0.2) is 36.7 Å². The number of imidazole rings is 2. The summed E-state index contributed by atoms with van der Waals surface area (Å²) in [6, 6.07) is 5.52. The molecule has 0 radical (unpaired) electrons. The van der Waals surface area contributed by atoms with Gasteiger partial charge in [-0.3, -0.25) is 9.59 Å². The number of nitrogens with zero attached hydrogens (tertiary/aromatic N) is 4. The van der Waals surface area contributed by atoms with E-state index in [2.05, 4.69) is 49.3 Å². The van der Waals surface area contributed by atoms with Crippen molar-refractivity contribution in [3.05, 3.63) is 59.6 Å². The van der Waals surface area contributed by atoms with Gasteiger partial charge >= 0.3 is 12.2 Å². The third-order valence-corrected chi connectivity index (χ3v) is 9.86. The van der Waals surface area contributed by atoms with Crippen LogP contribution in [0.25, 0.3) is 11.3 Å². The molecule has 1 aromatic carbocycles. The Morgan fingerprint density at radius 1 is 0.830 bits per heavy atom. The van der Waals surface area contributed by atoms with E-state index in [0.29, 0.717) is 36.9 Å². The van der Waals surface area contributed by atoms with E-state index in [9.17, 15) is 24.3 Å². The minimum Gasteiger partial charge on any atom is -0.453 e. The highest BCUT2D eigenvalue weighted by molar-refractivity contribution is 5.87. The standard InChI is InChI=1S/C38H50N8O7/c1-21(2)31(43-37(50)52-6)35(48)45-18-23(5)14-29(45)34-40-17-28(42-34)26-11-8-24(9-12-26)10-13-27-16-39-33(41-27)30-15-25(20-47)19-46(30)36(49)32(22(3)4)44-38(51)53-7/h8-9,11-12,16-17,21-23,25,29-32,47H,14-15,18-20H2,1-7H3,(H,39,41)(H,40,42)(H,43,50)(H,44,51)/t23-,25-,29-,30-,31-,32-/m0/s1. The second-order valence-electron chi connectivity index (χ2n) is 14.5. The molecule has 5 N–H and O–H groups in total. The van der Waals surface area contributed by atoms with E-state index in [0.717, 1.165) is 23.2 Å². The molecular formula is C38H50N8O7. The summed E-state index contributed by atoms with van der Waals surface area (Å²) in [5.41, 5.74) is 3.05. The van der Waals surface area contributed by atoms with Gasteiger partial charge in [0.15, 0.2) is 0 Å². The number of H-pyrrole nitrogens is 2. The van der Waals surface area contributed by atoms with Crippen molar-refractivity contribution >= 4 is 24.0 Å². The molecule has 6 atom stereocenters. The zero-order valence-electron chi connectivity index (χ0n) is 31.3. The Morgan fingerprint density at radius 2 is 1.38 bits per heavy atom. The minimum absolute atomic E-state index is 0.0763. The molecule has 4 heterocycles. The number of carbonyl (C=O) groups excluding carboxylic acids is 4. The number of amides is 4. The first-order chi connectivity index (χ1) is 25.3. The normalized spacial score (nSPS) is 20.9. The van der Waals surface area contributed by atoms with Gasteiger partial charge < -0.3 is 45.0 Å². The minimum atomic E-state index is -0.794. The van der Waals surface area contributed by atoms with Gasteiger partial charge in [-0.15, -0.1) is 0 Å². The number of nitrogens with one attached hydrogen (secondary N) is 4. The number of aliphatic hydroxyl groups is 1. The Kier molecular flexibility index (Phi) is 12.5. The van der Waals surface area contributed by atoms with Crippen molar-refractivity contribution in [2.45, 2.75) is 71.6 Å². The fourth-order valence-electron chi connectivity index (χ4n) is 6.96. The van der Waals surface area contributed by atoms with E-state index in [1.54, 1.807) is 22.2 Å². The van der Waals surface area contributed by atoms with Crippen LogP contribution in [0.3, 0.4) is 0 Å². The second kappa shape index (κ2) is 17.0. The number of hydrogen-bond acceptors (Lipinski definition) is 9. The van der Waals surface area contributed by atoms with Crippen molar-refractivity contribution in [2.24, 2.45) is 23.7 Å². The molecule has 0 bridgehead atoms. The lowest BCUT2D eigenvalue weighted by Gasteiger charge is -2.30. The molecule has 2 aliphatic heterocycles. The first-order valence-corrected chi connectivity index (χ1v) is 18.0. The lowest BCUT2D eigenvalue weighted by atomic mass is 10.0. The number of ether oxygens (including phenoxy) is 2. The lowest BCUT2D eigenvalue weighted by Crippen LogP contribution is -2.51. The summed E-state index contributed by atoms with van der Waals surface area (Å²) in [5.74, 6) is 6.90. The topological polar surface area (TPSA) is 195 Å². The monoisotopic (exact) mass is 730 g/mol. The van der Waals surface area contributed by atoms with Gasteiger partial charge in [-0.05, 0) is 54.2 Å². The van der Waals surface area contributed by atoms with Gasteiger partial charge in [0.2, 0.25) is 11.8 Å². The van der Waals surface area contributed by atoms with Crippen LogP contribution in [-0.2, 0) is 19.1 Å². The fourth-order valence-corrected chi connectivity index (χ4v) is 6.96. The number of aromatic amines is 2. The van der Waals surface area contributed by atoms with Crippen LogP contribution in [0.2, 0.25) is 0 Å². The molecule has 0 saturated carbocycles. The number of alkyl carbamates (subject to hydrolysis) is 2. The van der Waals surface area contributed by atoms with Gasteiger partial charge in [0, 0.05) is 31.2 Å². The average Bonchev–Trinajstić information content (AvgIpc) is 3.97. The van der Waals surface area contributed by atoms with Crippen molar-refractivity contribution in [3.8, 4) is 23.1 Å². The number of benzene rings is 1. The summed E-state index contributed by atoms with van der Waals surface area (Å²) in [6.45, 7) is 10.4. The van der Waals surface area contributed by atoms with E-state index < -0.39 is 30.3 Å². The summed E-state index contributed by atoms with van der Waals surface area (Å²) in [7, 11) is 2.53. The summed E-state index contributed by atoms with van der Waals surface area (Å²) >= 11 is 0. The van der Waals surface area contributed by atoms with E-state index in [4.69, 9.17) is 9.47 Å². The third-order valence-electron chi connectivity index (χ3n) is 9.86. The van der Waals surface area contributed by atoms with Crippen LogP contribution in [0.1, 0.15) is 82.5 Å². The molecule has 2 aliphatic rings. The number of methoxy groups -OCH3 is 2. The Morgan fingerprint density at radius 3 is 1.94 bits per heavy atom. The SMILES string of the molecule is COC(=O)N[C@H](C(=O)N1C[C@@H](CO)C[C@H]1c1ncc(C#Cc2ccc(-c3cnc([C@@H]4C[C@H](C)CN4C(=O)[C@@H](NC(=O)OC)C(C)C)[nH]3)cc2)[nH]1)C(C)C. The highest BCUT2D eigenvalue weighted by Crippen LogP contribution is 2.37. The zero-order chi connectivity index (χ0) is 38.4. The quantitative estimate of drug-likeness (QED) is 0.193. The third kappa shape index (κ3) is 9.00. The molecule has 0 unspecified atom stereocenters. The van der Waals surface area contributed by atoms with Crippen molar-refractivity contribution in [1.82, 2.24) is 40.4 Å². The molecule has 15 nitrogen and oxygen atoms in total. The number of hydrogen-bond donors (Lipinski definition) is 5. The lowest BCUT2D eigenvalue weighted by molar-refractivity contribution is -0.136. The van der Waals surface area contributed by atoms with Gasteiger partial charge in [-0.1, -0.05) is 52.7 Å².